The number of nitrogens with zero attached hydrogens (tertiary/aromatic N) is 4. The summed E-state index contributed by atoms with van der Waals surface area (Å²) in [5, 5.41) is 5.52. The van der Waals surface area contributed by atoms with E-state index in [1.54, 1.807) is 6.07 Å². The van der Waals surface area contributed by atoms with Crippen molar-refractivity contribution in [2.45, 2.75) is 13.7 Å². The summed E-state index contributed by atoms with van der Waals surface area (Å²) >= 11 is 0. The molecule has 4 heterocycles. The van der Waals surface area contributed by atoms with Crippen molar-refractivity contribution in [2.24, 2.45) is 0 Å². The number of rotatable bonds is 2. The van der Waals surface area contributed by atoms with Crippen molar-refractivity contribution in [3.8, 4) is 22.4 Å². The van der Waals surface area contributed by atoms with Gasteiger partial charge in [0.05, 0.1) is 22.2 Å². The standard InChI is InChI=1S/C31H17N2O.C12H11N2.Ir/c1-2-8-19(9-3-1)20-14-15-22-24-17-16-23-21-10-4-5-11-25(21)31-32-26-12-6-7-13-27(26)33(31)29(23)30(24)34-28(22)18-20;1-9-3-5-11(6-4-9)12-7-10(2)13-8-14-12;/h1-10,12-18H;3-5,7-8H,1-2H3;/q2*-1;/i;1D3,2D3;. The monoisotopic (exact) mass is 815 g/mol. The van der Waals surface area contributed by atoms with Crippen molar-refractivity contribution in [3.63, 3.8) is 0 Å². The molecule has 0 unspecified atom stereocenters. The molecule has 0 spiro atoms. The maximum Gasteiger partial charge on any atom is 0.158 e. The molecule has 1 radical (unpaired) electrons. The van der Waals surface area contributed by atoms with Gasteiger partial charge >= 0.3 is 0 Å². The van der Waals surface area contributed by atoms with Gasteiger partial charge < -0.3 is 8.82 Å². The Kier molecular flexibility index (Phi) is 6.19. The fourth-order valence-electron chi connectivity index (χ4n) is 6.43. The summed E-state index contributed by atoms with van der Waals surface area (Å²) in [5.74, 6) is 0. The Morgan fingerprint density at radius 1 is 0.714 bits per heavy atom. The maximum atomic E-state index is 7.31. The number of hydrogen-bond acceptors (Lipinski definition) is 4. The van der Waals surface area contributed by atoms with Crippen LogP contribution in [0.1, 0.15) is 19.5 Å². The molecule has 0 aliphatic heterocycles. The second-order valence-corrected chi connectivity index (χ2v) is 11.5. The topological polar surface area (TPSA) is 56.2 Å². The van der Waals surface area contributed by atoms with Gasteiger partial charge in [0.25, 0.3) is 0 Å². The zero-order valence-electron chi connectivity index (χ0n) is 31.7. The summed E-state index contributed by atoms with van der Waals surface area (Å²) in [6.45, 7) is -4.50. The molecule has 10 aromatic rings. The fourth-order valence-corrected chi connectivity index (χ4v) is 6.43. The van der Waals surface area contributed by atoms with Crippen molar-refractivity contribution >= 4 is 60.3 Å². The predicted molar refractivity (Wildman–Crippen MR) is 195 cm³/mol. The Morgan fingerprint density at radius 3 is 2.43 bits per heavy atom. The van der Waals surface area contributed by atoms with E-state index >= 15 is 0 Å². The van der Waals surface area contributed by atoms with Crippen LogP contribution in [0.15, 0.2) is 138 Å². The third-order valence-electron chi connectivity index (χ3n) is 8.63. The number of para-hydroxylation sites is 2. The third kappa shape index (κ3) is 5.26. The molecule has 0 fully saturated rings. The first-order valence-corrected chi connectivity index (χ1v) is 15.4. The fraction of sp³-hybridized carbons (Fsp3) is 0.0465. The molecule has 6 heteroatoms. The number of aromatic nitrogens is 4. The second kappa shape index (κ2) is 12.4. The van der Waals surface area contributed by atoms with Crippen LogP contribution < -0.4 is 0 Å². The molecule has 0 N–H and O–H groups in total. The maximum absolute atomic E-state index is 7.31. The second-order valence-electron chi connectivity index (χ2n) is 11.5. The molecule has 0 amide bonds. The molecule has 0 saturated carbocycles. The van der Waals surface area contributed by atoms with E-state index in [9.17, 15) is 0 Å². The Balaban J connectivity index is 0.000000176. The quantitative estimate of drug-likeness (QED) is 0.129. The average Bonchev–Trinajstić information content (AvgIpc) is 3.77. The first kappa shape index (κ1) is 24.5. The van der Waals surface area contributed by atoms with E-state index in [0.29, 0.717) is 11.3 Å². The zero-order chi connectivity index (χ0) is 37.2. The van der Waals surface area contributed by atoms with Crippen molar-refractivity contribution in [1.82, 2.24) is 19.4 Å². The molecular weight excluding hydrogens is 781 g/mol. The van der Waals surface area contributed by atoms with Crippen LogP contribution in [-0.2, 0) is 20.1 Å². The summed E-state index contributed by atoms with van der Waals surface area (Å²) in [6.07, 6.45) is 1.17. The van der Waals surface area contributed by atoms with Crippen molar-refractivity contribution in [2.75, 3.05) is 0 Å². The van der Waals surface area contributed by atoms with Crippen LogP contribution in [0.25, 0.3) is 82.7 Å². The van der Waals surface area contributed by atoms with E-state index in [1.807, 2.05) is 24.3 Å². The van der Waals surface area contributed by atoms with Gasteiger partial charge in [-0.25, -0.2) is 4.98 Å². The first-order valence-electron chi connectivity index (χ1n) is 18.4. The normalized spacial score (nSPS) is 13.6. The van der Waals surface area contributed by atoms with Crippen LogP contribution in [0.4, 0.5) is 0 Å². The van der Waals surface area contributed by atoms with Gasteiger partial charge in [0, 0.05) is 44.8 Å². The van der Waals surface area contributed by atoms with Crippen molar-refractivity contribution in [1.29, 1.82) is 0 Å². The first-order chi connectivity index (χ1) is 26.0. The van der Waals surface area contributed by atoms with Gasteiger partial charge in [-0.15, -0.1) is 65.0 Å². The van der Waals surface area contributed by atoms with Gasteiger partial charge in [0.1, 0.15) is 11.9 Å². The summed E-state index contributed by atoms with van der Waals surface area (Å²) < 4.78 is 52.6. The van der Waals surface area contributed by atoms with Crippen LogP contribution >= 0.6 is 0 Å². The minimum atomic E-state index is -2.31. The number of imidazole rings is 1. The van der Waals surface area contributed by atoms with E-state index in [0.717, 1.165) is 65.9 Å². The van der Waals surface area contributed by atoms with E-state index in [-0.39, 0.29) is 31.4 Å². The van der Waals surface area contributed by atoms with E-state index in [4.69, 9.17) is 17.6 Å². The minimum absolute atomic E-state index is 0. The van der Waals surface area contributed by atoms with Crippen LogP contribution in [-0.4, -0.2) is 19.4 Å². The minimum Gasteiger partial charge on any atom is -0.454 e. The molecule has 10 rings (SSSR count). The van der Waals surface area contributed by atoms with E-state index in [2.05, 4.69) is 105 Å². The Bertz CT molecular complexity index is 3030. The molecule has 0 saturated heterocycles. The summed E-state index contributed by atoms with van der Waals surface area (Å²) in [5.41, 5.74) is 9.11. The summed E-state index contributed by atoms with van der Waals surface area (Å²) in [7, 11) is 0. The number of aryl methyl sites for hydroxylation is 2. The number of furan rings is 1. The number of pyridine rings is 1. The van der Waals surface area contributed by atoms with Gasteiger partial charge in [-0.3, -0.25) is 9.97 Å². The Hall–Kier alpha value is -5.68. The van der Waals surface area contributed by atoms with E-state index in [1.165, 1.54) is 30.1 Å². The zero-order valence-corrected chi connectivity index (χ0v) is 28.1. The SMILES string of the molecule is [2H]C([2H])([2H])c1c[c-]c(-c2cc(C([2H])([2H])[2H])ncn2)cc1.[Ir].[c-]1cccc2c1c1nc3ccccc3n1c1c2ccc2c3ccc(-c4ccccc4)cc3oc21. The average molecular weight is 815 g/mol. The van der Waals surface area contributed by atoms with Crippen molar-refractivity contribution < 1.29 is 32.7 Å². The molecule has 0 atom stereocenters. The molecule has 0 bridgehead atoms. The number of benzene rings is 6. The molecule has 0 aliphatic carbocycles. The van der Waals surface area contributed by atoms with Gasteiger partial charge in [-0.1, -0.05) is 79.0 Å². The molecular formula is C43H28IrN4O-2. The number of hydrogen-bond donors (Lipinski definition) is 0. The summed E-state index contributed by atoms with van der Waals surface area (Å²) in [6, 6.07) is 47.7. The van der Waals surface area contributed by atoms with Crippen LogP contribution in [0.5, 0.6) is 0 Å². The molecule has 237 valence electrons. The van der Waals surface area contributed by atoms with Gasteiger partial charge in [-0.2, -0.15) is 0 Å². The molecule has 49 heavy (non-hydrogen) atoms. The van der Waals surface area contributed by atoms with E-state index < -0.39 is 13.7 Å². The Morgan fingerprint density at radius 2 is 1.57 bits per heavy atom. The predicted octanol–water partition coefficient (Wildman–Crippen LogP) is 10.7. The molecule has 6 aromatic carbocycles. The smallest absolute Gasteiger partial charge is 0.158 e. The molecule has 4 aromatic heterocycles. The Labute approximate surface area is 304 Å². The van der Waals surface area contributed by atoms with Crippen LogP contribution in [0.3, 0.4) is 0 Å². The largest absolute Gasteiger partial charge is 0.454 e. The van der Waals surface area contributed by atoms with Crippen LogP contribution in [0, 0.1) is 25.8 Å². The van der Waals surface area contributed by atoms with Gasteiger partial charge in [-0.05, 0) is 53.3 Å². The molecule has 0 aliphatic rings. The third-order valence-corrected chi connectivity index (χ3v) is 8.63. The number of fused-ring (bicyclic) bond motifs is 12. The molecule has 5 nitrogen and oxygen atoms in total. The summed E-state index contributed by atoms with van der Waals surface area (Å²) in [4.78, 5) is 12.7. The van der Waals surface area contributed by atoms with Gasteiger partial charge in [0.15, 0.2) is 5.58 Å². The van der Waals surface area contributed by atoms with Crippen molar-refractivity contribution in [3.05, 3.63) is 157 Å². The van der Waals surface area contributed by atoms with Crippen LogP contribution in [0.2, 0.25) is 0 Å². The van der Waals surface area contributed by atoms with Gasteiger partial charge in [0.2, 0.25) is 0 Å².